The van der Waals surface area contributed by atoms with Gasteiger partial charge in [0, 0.05) is 11.1 Å². The average Bonchev–Trinajstić information content (AvgIpc) is 2.37. The summed E-state index contributed by atoms with van der Waals surface area (Å²) in [5, 5.41) is 0.793. The second-order valence-corrected chi connectivity index (χ2v) is 5.68. The van der Waals surface area contributed by atoms with E-state index in [2.05, 4.69) is 26.0 Å². The lowest BCUT2D eigenvalue weighted by Crippen LogP contribution is -2.26. The Morgan fingerprint density at radius 3 is 2.39 bits per heavy atom. The molecule has 0 aliphatic rings. The summed E-state index contributed by atoms with van der Waals surface area (Å²) < 4.78 is 0. The predicted octanol–water partition coefficient (Wildman–Crippen LogP) is 4.82. The van der Waals surface area contributed by atoms with E-state index >= 15 is 0 Å². The van der Waals surface area contributed by atoms with Crippen LogP contribution in [0.3, 0.4) is 0 Å². The Bertz CT molecular complexity index is 320. The smallest absolute Gasteiger partial charge is 0.0406 e. The van der Waals surface area contributed by atoms with Gasteiger partial charge in [-0.3, -0.25) is 0 Å². The Balaban J connectivity index is 2.39. The van der Waals surface area contributed by atoms with Gasteiger partial charge in [0.2, 0.25) is 0 Å². The Hall–Kier alpha value is -0.530. The first-order valence-corrected chi connectivity index (χ1v) is 7.53. The molecule has 1 rings (SSSR count). The van der Waals surface area contributed by atoms with E-state index in [0.717, 1.165) is 23.8 Å². The standard InChI is InChI=1S/C16H26ClN/c1-3-5-6-13(4-2)11-16(18)12-14-7-9-15(17)10-8-14/h7-10,13,16H,3-6,11-12,18H2,1-2H3. The van der Waals surface area contributed by atoms with E-state index in [0.29, 0.717) is 0 Å². The number of hydrogen-bond donors (Lipinski definition) is 1. The zero-order valence-corrected chi connectivity index (χ0v) is 12.4. The molecule has 0 amide bonds. The van der Waals surface area contributed by atoms with Gasteiger partial charge in [-0.15, -0.1) is 0 Å². The van der Waals surface area contributed by atoms with Crippen molar-refractivity contribution in [3.05, 3.63) is 34.9 Å². The first kappa shape index (κ1) is 15.5. The number of hydrogen-bond acceptors (Lipinski definition) is 1. The molecule has 0 saturated heterocycles. The van der Waals surface area contributed by atoms with Crippen LogP contribution in [0.15, 0.2) is 24.3 Å². The van der Waals surface area contributed by atoms with Gasteiger partial charge in [-0.1, -0.05) is 63.3 Å². The lowest BCUT2D eigenvalue weighted by molar-refractivity contribution is 0.383. The summed E-state index contributed by atoms with van der Waals surface area (Å²) in [7, 11) is 0. The zero-order chi connectivity index (χ0) is 13.4. The lowest BCUT2D eigenvalue weighted by atomic mass is 9.90. The molecule has 0 aromatic heterocycles. The second kappa shape index (κ2) is 8.55. The molecule has 2 unspecified atom stereocenters. The topological polar surface area (TPSA) is 26.0 Å². The van der Waals surface area contributed by atoms with Crippen molar-refractivity contribution in [2.45, 2.75) is 58.4 Å². The highest BCUT2D eigenvalue weighted by Crippen LogP contribution is 2.20. The van der Waals surface area contributed by atoms with Crippen LogP contribution in [0, 0.1) is 5.92 Å². The maximum Gasteiger partial charge on any atom is 0.0406 e. The molecular formula is C16H26ClN. The van der Waals surface area contributed by atoms with Crippen molar-refractivity contribution in [2.75, 3.05) is 0 Å². The monoisotopic (exact) mass is 267 g/mol. The fourth-order valence-electron chi connectivity index (χ4n) is 2.42. The van der Waals surface area contributed by atoms with Crippen LogP contribution in [0.25, 0.3) is 0 Å². The van der Waals surface area contributed by atoms with Crippen LogP contribution in [0.5, 0.6) is 0 Å². The molecule has 0 fully saturated rings. The molecule has 2 atom stereocenters. The third-order valence-corrected chi connectivity index (χ3v) is 3.84. The summed E-state index contributed by atoms with van der Waals surface area (Å²) in [5.41, 5.74) is 7.55. The molecular weight excluding hydrogens is 242 g/mol. The highest BCUT2D eigenvalue weighted by molar-refractivity contribution is 6.30. The van der Waals surface area contributed by atoms with Crippen LogP contribution in [-0.2, 0) is 6.42 Å². The molecule has 0 heterocycles. The molecule has 0 spiro atoms. The van der Waals surface area contributed by atoms with Gasteiger partial charge in [0.25, 0.3) is 0 Å². The molecule has 0 radical (unpaired) electrons. The zero-order valence-electron chi connectivity index (χ0n) is 11.7. The van der Waals surface area contributed by atoms with E-state index in [1.807, 2.05) is 12.1 Å². The van der Waals surface area contributed by atoms with E-state index in [1.54, 1.807) is 0 Å². The largest absolute Gasteiger partial charge is 0.327 e. The minimum absolute atomic E-state index is 0.271. The normalized spacial score (nSPS) is 14.4. The number of benzene rings is 1. The van der Waals surface area contributed by atoms with Crippen LogP contribution in [0.1, 0.15) is 51.5 Å². The molecule has 0 bridgehead atoms. The fraction of sp³-hybridized carbons (Fsp3) is 0.625. The Morgan fingerprint density at radius 2 is 1.83 bits per heavy atom. The minimum atomic E-state index is 0.271. The molecule has 0 saturated carbocycles. The molecule has 2 heteroatoms. The predicted molar refractivity (Wildman–Crippen MR) is 81.1 cm³/mol. The molecule has 1 aromatic rings. The van der Waals surface area contributed by atoms with Crippen molar-refractivity contribution in [1.29, 1.82) is 0 Å². The van der Waals surface area contributed by atoms with Crippen molar-refractivity contribution in [2.24, 2.45) is 11.7 Å². The molecule has 0 aliphatic carbocycles. The van der Waals surface area contributed by atoms with Gasteiger partial charge in [-0.2, -0.15) is 0 Å². The first-order valence-electron chi connectivity index (χ1n) is 7.15. The SMILES string of the molecule is CCCCC(CC)CC(N)Cc1ccc(Cl)cc1. The van der Waals surface area contributed by atoms with Crippen molar-refractivity contribution < 1.29 is 0 Å². The van der Waals surface area contributed by atoms with Crippen LogP contribution in [-0.4, -0.2) is 6.04 Å². The summed E-state index contributed by atoms with van der Waals surface area (Å²) >= 11 is 5.88. The summed E-state index contributed by atoms with van der Waals surface area (Å²) in [6, 6.07) is 8.31. The van der Waals surface area contributed by atoms with Gasteiger partial charge in [-0.05, 0) is 36.5 Å². The van der Waals surface area contributed by atoms with E-state index in [4.69, 9.17) is 17.3 Å². The molecule has 1 aromatic carbocycles. The van der Waals surface area contributed by atoms with Crippen molar-refractivity contribution >= 4 is 11.6 Å². The average molecular weight is 268 g/mol. The summed E-state index contributed by atoms with van der Waals surface area (Å²) in [4.78, 5) is 0. The highest BCUT2D eigenvalue weighted by Gasteiger charge is 2.12. The van der Waals surface area contributed by atoms with E-state index in [1.165, 1.54) is 31.2 Å². The van der Waals surface area contributed by atoms with Gasteiger partial charge < -0.3 is 5.73 Å². The van der Waals surface area contributed by atoms with Gasteiger partial charge in [0.15, 0.2) is 0 Å². The van der Waals surface area contributed by atoms with Gasteiger partial charge in [0.1, 0.15) is 0 Å². The number of halogens is 1. The Kier molecular flexibility index (Phi) is 7.38. The lowest BCUT2D eigenvalue weighted by Gasteiger charge is -2.19. The van der Waals surface area contributed by atoms with Gasteiger partial charge >= 0.3 is 0 Å². The Labute approximate surface area is 117 Å². The molecule has 1 nitrogen and oxygen atoms in total. The van der Waals surface area contributed by atoms with Crippen LogP contribution in [0.4, 0.5) is 0 Å². The maximum absolute atomic E-state index is 6.26. The third kappa shape index (κ3) is 5.88. The van der Waals surface area contributed by atoms with Crippen LogP contribution < -0.4 is 5.73 Å². The van der Waals surface area contributed by atoms with Crippen molar-refractivity contribution in [3.8, 4) is 0 Å². The summed E-state index contributed by atoms with van der Waals surface area (Å²) in [6.45, 7) is 4.52. The van der Waals surface area contributed by atoms with E-state index < -0.39 is 0 Å². The fourth-order valence-corrected chi connectivity index (χ4v) is 2.54. The van der Waals surface area contributed by atoms with Gasteiger partial charge in [-0.25, -0.2) is 0 Å². The third-order valence-electron chi connectivity index (χ3n) is 3.59. The number of nitrogens with two attached hydrogens (primary N) is 1. The van der Waals surface area contributed by atoms with Gasteiger partial charge in [0.05, 0.1) is 0 Å². The molecule has 18 heavy (non-hydrogen) atoms. The molecule has 102 valence electrons. The molecule has 2 N–H and O–H groups in total. The van der Waals surface area contributed by atoms with Crippen molar-refractivity contribution in [3.63, 3.8) is 0 Å². The van der Waals surface area contributed by atoms with E-state index in [-0.39, 0.29) is 6.04 Å². The van der Waals surface area contributed by atoms with Crippen LogP contribution >= 0.6 is 11.6 Å². The van der Waals surface area contributed by atoms with Crippen LogP contribution in [0.2, 0.25) is 5.02 Å². The Morgan fingerprint density at radius 1 is 1.17 bits per heavy atom. The first-order chi connectivity index (χ1) is 8.65. The maximum atomic E-state index is 6.26. The second-order valence-electron chi connectivity index (χ2n) is 5.24. The number of unbranched alkanes of at least 4 members (excludes halogenated alkanes) is 1. The van der Waals surface area contributed by atoms with E-state index in [9.17, 15) is 0 Å². The quantitative estimate of drug-likeness (QED) is 0.718. The summed E-state index contributed by atoms with van der Waals surface area (Å²) in [6.07, 6.45) is 7.27. The van der Waals surface area contributed by atoms with Crippen molar-refractivity contribution in [1.82, 2.24) is 0 Å². The highest BCUT2D eigenvalue weighted by atomic mass is 35.5. The number of rotatable bonds is 8. The summed E-state index contributed by atoms with van der Waals surface area (Å²) in [5.74, 6) is 0.784. The minimum Gasteiger partial charge on any atom is -0.327 e. The molecule has 0 aliphatic heterocycles.